The first-order valence-electron chi connectivity index (χ1n) is 7.47. The molecule has 0 aliphatic carbocycles. The van der Waals surface area contributed by atoms with E-state index < -0.39 is 0 Å². The maximum Gasteiger partial charge on any atom is 0.219 e. The summed E-state index contributed by atoms with van der Waals surface area (Å²) in [6, 6.07) is 8.66. The van der Waals surface area contributed by atoms with Crippen LogP contribution in [0.1, 0.15) is 38.3 Å². The molecule has 1 aromatic rings. The average molecular weight is 275 g/mol. The van der Waals surface area contributed by atoms with E-state index in [1.54, 1.807) is 6.92 Å². The molecule has 1 saturated heterocycles. The Morgan fingerprint density at radius 2 is 1.90 bits per heavy atom. The highest BCUT2D eigenvalue weighted by molar-refractivity contribution is 5.73. The van der Waals surface area contributed by atoms with E-state index in [2.05, 4.69) is 36.1 Å². The van der Waals surface area contributed by atoms with Crippen LogP contribution >= 0.6 is 0 Å². The number of nitrogens with two attached hydrogens (primary N) is 1. The first kappa shape index (κ1) is 14.9. The van der Waals surface area contributed by atoms with E-state index in [9.17, 15) is 4.79 Å². The predicted octanol–water partition coefficient (Wildman–Crippen LogP) is 2.16. The van der Waals surface area contributed by atoms with Crippen molar-refractivity contribution in [1.29, 1.82) is 0 Å². The second-order valence-corrected chi connectivity index (χ2v) is 5.45. The zero-order valence-electron chi connectivity index (χ0n) is 12.5. The summed E-state index contributed by atoms with van der Waals surface area (Å²) in [6.07, 6.45) is 1.98. The molecule has 4 heteroatoms. The van der Waals surface area contributed by atoms with Gasteiger partial charge in [-0.15, -0.1) is 0 Å². The van der Waals surface area contributed by atoms with Crippen molar-refractivity contribution >= 4 is 11.6 Å². The Hall–Kier alpha value is -1.55. The van der Waals surface area contributed by atoms with Crippen LogP contribution in [0.2, 0.25) is 0 Å². The highest BCUT2D eigenvalue weighted by atomic mass is 16.2. The van der Waals surface area contributed by atoms with Crippen LogP contribution in [0.5, 0.6) is 0 Å². The molecule has 1 atom stereocenters. The number of carbonyl (C=O) groups excluding carboxylic acids is 1. The van der Waals surface area contributed by atoms with E-state index in [0.717, 1.165) is 39.0 Å². The fourth-order valence-corrected chi connectivity index (χ4v) is 2.66. The molecule has 2 rings (SSSR count). The lowest BCUT2D eigenvalue weighted by atomic mass is 10.1. The van der Waals surface area contributed by atoms with E-state index in [1.165, 1.54) is 11.3 Å². The molecule has 0 bridgehead atoms. The van der Waals surface area contributed by atoms with Crippen LogP contribution in [0.25, 0.3) is 0 Å². The van der Waals surface area contributed by atoms with Crippen molar-refractivity contribution < 1.29 is 4.79 Å². The minimum atomic E-state index is 0.126. The molecule has 1 aliphatic rings. The van der Waals surface area contributed by atoms with Gasteiger partial charge in [0.2, 0.25) is 5.91 Å². The maximum absolute atomic E-state index is 11.4. The Morgan fingerprint density at radius 1 is 1.20 bits per heavy atom. The molecule has 0 aromatic heterocycles. The lowest BCUT2D eigenvalue weighted by molar-refractivity contribution is -0.128. The molecular formula is C16H25N3O. The Bertz CT molecular complexity index is 444. The number of nitrogens with zero attached hydrogens (tertiary/aromatic N) is 2. The fourth-order valence-electron chi connectivity index (χ4n) is 2.66. The molecule has 0 unspecified atom stereocenters. The van der Waals surface area contributed by atoms with Crippen molar-refractivity contribution in [2.75, 3.05) is 31.1 Å². The van der Waals surface area contributed by atoms with E-state index in [4.69, 9.17) is 5.73 Å². The van der Waals surface area contributed by atoms with Gasteiger partial charge in [0.05, 0.1) is 0 Å². The van der Waals surface area contributed by atoms with Crippen molar-refractivity contribution in [2.45, 2.75) is 32.7 Å². The molecule has 0 radical (unpaired) electrons. The van der Waals surface area contributed by atoms with E-state index >= 15 is 0 Å². The number of anilines is 1. The highest BCUT2D eigenvalue weighted by Crippen LogP contribution is 2.21. The second kappa shape index (κ2) is 6.75. The lowest BCUT2D eigenvalue weighted by Crippen LogP contribution is -2.33. The molecule has 1 aromatic carbocycles. The van der Waals surface area contributed by atoms with Crippen LogP contribution in [-0.4, -0.2) is 37.0 Å². The van der Waals surface area contributed by atoms with Crippen molar-refractivity contribution in [1.82, 2.24) is 4.90 Å². The van der Waals surface area contributed by atoms with Crippen LogP contribution in [0.3, 0.4) is 0 Å². The SMILES string of the molecule is CC[C@@H](N)c1ccc(N2CCCN(C(C)=O)CC2)cc1. The molecule has 110 valence electrons. The topological polar surface area (TPSA) is 49.6 Å². The van der Waals surface area contributed by atoms with Crippen molar-refractivity contribution in [2.24, 2.45) is 5.73 Å². The van der Waals surface area contributed by atoms with E-state index in [-0.39, 0.29) is 11.9 Å². The monoisotopic (exact) mass is 275 g/mol. The van der Waals surface area contributed by atoms with Crippen LogP contribution in [0, 0.1) is 0 Å². The molecule has 1 aliphatic heterocycles. The van der Waals surface area contributed by atoms with Gasteiger partial charge >= 0.3 is 0 Å². The standard InChI is InChI=1S/C16H25N3O/c1-3-16(17)14-5-7-15(8-6-14)19-10-4-9-18(11-12-19)13(2)20/h5-8,16H,3-4,9-12,17H2,1-2H3/t16-/m1/s1. The molecule has 2 N–H and O–H groups in total. The van der Waals surface area contributed by atoms with Gasteiger partial charge in [-0.1, -0.05) is 19.1 Å². The predicted molar refractivity (Wildman–Crippen MR) is 82.7 cm³/mol. The molecular weight excluding hydrogens is 250 g/mol. The van der Waals surface area contributed by atoms with Crippen LogP contribution in [-0.2, 0) is 4.79 Å². The van der Waals surface area contributed by atoms with Gasteiger partial charge < -0.3 is 15.5 Å². The summed E-state index contributed by atoms with van der Waals surface area (Å²) in [7, 11) is 0. The average Bonchev–Trinajstić information content (AvgIpc) is 2.72. The molecule has 0 spiro atoms. The number of carbonyl (C=O) groups is 1. The van der Waals surface area contributed by atoms with Crippen LogP contribution in [0.15, 0.2) is 24.3 Å². The third kappa shape index (κ3) is 3.51. The van der Waals surface area contributed by atoms with E-state index in [1.807, 2.05) is 4.90 Å². The van der Waals surface area contributed by atoms with Gasteiger partial charge in [0.1, 0.15) is 0 Å². The largest absolute Gasteiger partial charge is 0.370 e. The summed E-state index contributed by atoms with van der Waals surface area (Å²) >= 11 is 0. The van der Waals surface area contributed by atoms with Gasteiger partial charge in [0, 0.05) is 44.8 Å². The highest BCUT2D eigenvalue weighted by Gasteiger charge is 2.16. The molecule has 1 amide bonds. The van der Waals surface area contributed by atoms with Crippen LogP contribution in [0.4, 0.5) is 5.69 Å². The van der Waals surface area contributed by atoms with Gasteiger partial charge in [0.15, 0.2) is 0 Å². The minimum Gasteiger partial charge on any atom is -0.370 e. The lowest BCUT2D eigenvalue weighted by Gasteiger charge is -2.24. The quantitative estimate of drug-likeness (QED) is 0.919. The fraction of sp³-hybridized carbons (Fsp3) is 0.562. The summed E-state index contributed by atoms with van der Waals surface area (Å²) in [6.45, 7) is 7.33. The number of amides is 1. The van der Waals surface area contributed by atoms with Crippen molar-refractivity contribution in [3.05, 3.63) is 29.8 Å². The van der Waals surface area contributed by atoms with Crippen molar-refractivity contribution in [3.8, 4) is 0 Å². The zero-order valence-corrected chi connectivity index (χ0v) is 12.5. The summed E-state index contributed by atoms with van der Waals surface area (Å²) < 4.78 is 0. The third-order valence-corrected chi connectivity index (χ3v) is 4.07. The number of benzene rings is 1. The summed E-state index contributed by atoms with van der Waals surface area (Å²) in [5, 5.41) is 0. The zero-order chi connectivity index (χ0) is 14.5. The van der Waals surface area contributed by atoms with Gasteiger partial charge in [-0.05, 0) is 30.5 Å². The van der Waals surface area contributed by atoms with Gasteiger partial charge in [-0.2, -0.15) is 0 Å². The first-order valence-corrected chi connectivity index (χ1v) is 7.47. The summed E-state index contributed by atoms with van der Waals surface area (Å²) in [4.78, 5) is 15.7. The minimum absolute atomic E-state index is 0.126. The second-order valence-electron chi connectivity index (χ2n) is 5.45. The molecule has 1 heterocycles. The Kier molecular flexibility index (Phi) is 5.01. The van der Waals surface area contributed by atoms with Gasteiger partial charge in [-0.25, -0.2) is 0 Å². The summed E-state index contributed by atoms with van der Waals surface area (Å²) in [5.41, 5.74) is 8.46. The first-order chi connectivity index (χ1) is 9.61. The third-order valence-electron chi connectivity index (χ3n) is 4.07. The number of hydrogen-bond donors (Lipinski definition) is 1. The molecule has 1 fully saturated rings. The maximum atomic E-state index is 11.4. The Morgan fingerprint density at radius 3 is 2.50 bits per heavy atom. The van der Waals surface area contributed by atoms with Gasteiger partial charge in [-0.3, -0.25) is 4.79 Å². The smallest absolute Gasteiger partial charge is 0.219 e. The molecule has 20 heavy (non-hydrogen) atoms. The normalized spacial score (nSPS) is 17.8. The Labute approximate surface area is 121 Å². The van der Waals surface area contributed by atoms with Crippen LogP contribution < -0.4 is 10.6 Å². The van der Waals surface area contributed by atoms with Crippen molar-refractivity contribution in [3.63, 3.8) is 0 Å². The number of hydrogen-bond acceptors (Lipinski definition) is 3. The summed E-state index contributed by atoms with van der Waals surface area (Å²) in [5.74, 6) is 0.177. The molecule has 4 nitrogen and oxygen atoms in total. The number of rotatable bonds is 3. The van der Waals surface area contributed by atoms with Gasteiger partial charge in [0.25, 0.3) is 0 Å². The molecule has 0 saturated carbocycles. The Balaban J connectivity index is 2.02. The van der Waals surface area contributed by atoms with E-state index in [0.29, 0.717) is 0 Å².